The molecule has 11 heteroatoms. The summed E-state index contributed by atoms with van der Waals surface area (Å²) in [5, 5.41) is 13.8. The molecule has 1 unspecified atom stereocenters. The van der Waals surface area contributed by atoms with E-state index in [0.29, 0.717) is 6.42 Å². The summed E-state index contributed by atoms with van der Waals surface area (Å²) < 4.78 is 51.5. The second-order valence-electron chi connectivity index (χ2n) is 7.65. The van der Waals surface area contributed by atoms with Gasteiger partial charge in [0.15, 0.2) is 11.9 Å². The smallest absolute Gasteiger partial charge is 0.425 e. The van der Waals surface area contributed by atoms with Gasteiger partial charge in [-0.1, -0.05) is 0 Å². The van der Waals surface area contributed by atoms with Crippen LogP contribution < -0.4 is 9.47 Å². The Morgan fingerprint density at radius 1 is 1.26 bits per heavy atom. The number of halogens is 3. The second kappa shape index (κ2) is 9.05. The molecule has 8 nitrogen and oxygen atoms in total. The lowest BCUT2D eigenvalue weighted by molar-refractivity contribution is -0.189. The molecule has 0 N–H and O–H groups in total. The molecule has 1 aliphatic heterocycles. The standard InChI is InChI=1S/C23H20F3N5O3/c1-14(23(24,25)26)34-19-6-5-15(10-27)21(33-2)20(19)22(32)30-9-7-18-16(13-30)11-29-31(18)17-4-3-8-28-12-17/h3-6,8,11-12,14H,7,9,13H2,1-2H3. The highest BCUT2D eigenvalue weighted by atomic mass is 19.4. The lowest BCUT2D eigenvalue weighted by atomic mass is 10.0. The van der Waals surface area contributed by atoms with Gasteiger partial charge in [0.2, 0.25) is 0 Å². The highest BCUT2D eigenvalue weighted by Crippen LogP contribution is 2.36. The number of hydrogen-bond donors (Lipinski definition) is 0. The van der Waals surface area contributed by atoms with Crippen LogP contribution in [0.4, 0.5) is 13.2 Å². The summed E-state index contributed by atoms with van der Waals surface area (Å²) in [5.41, 5.74) is 2.28. The summed E-state index contributed by atoms with van der Waals surface area (Å²) in [7, 11) is 1.25. The van der Waals surface area contributed by atoms with Gasteiger partial charge in [0.1, 0.15) is 17.4 Å². The fourth-order valence-electron chi connectivity index (χ4n) is 3.79. The molecular formula is C23H20F3N5O3. The van der Waals surface area contributed by atoms with E-state index in [0.717, 1.165) is 23.9 Å². The van der Waals surface area contributed by atoms with E-state index >= 15 is 0 Å². The molecule has 1 amide bonds. The molecule has 1 aliphatic rings. The zero-order chi connectivity index (χ0) is 24.5. The molecule has 4 rings (SSSR count). The number of benzene rings is 1. The number of hydrogen-bond acceptors (Lipinski definition) is 6. The third-order valence-electron chi connectivity index (χ3n) is 5.54. The zero-order valence-corrected chi connectivity index (χ0v) is 18.3. The first-order chi connectivity index (χ1) is 16.2. The van der Waals surface area contributed by atoms with Crippen LogP contribution in [0, 0.1) is 11.3 Å². The van der Waals surface area contributed by atoms with Crippen molar-refractivity contribution in [3.63, 3.8) is 0 Å². The number of rotatable bonds is 5. The van der Waals surface area contributed by atoms with Crippen molar-refractivity contribution in [2.45, 2.75) is 32.2 Å². The van der Waals surface area contributed by atoms with E-state index in [1.807, 2.05) is 12.1 Å². The molecule has 1 atom stereocenters. The van der Waals surface area contributed by atoms with Crippen LogP contribution in [0.25, 0.3) is 5.69 Å². The highest BCUT2D eigenvalue weighted by Gasteiger charge is 2.39. The molecule has 0 bridgehead atoms. The predicted octanol–water partition coefficient (Wildman–Crippen LogP) is 3.68. The van der Waals surface area contributed by atoms with Gasteiger partial charge in [-0.3, -0.25) is 9.78 Å². The average molecular weight is 471 g/mol. The van der Waals surface area contributed by atoms with Crippen molar-refractivity contribution in [1.82, 2.24) is 19.7 Å². The number of carbonyl (C=O) groups excluding carboxylic acids is 1. The maximum atomic E-state index is 13.5. The molecule has 176 valence electrons. The molecule has 0 aliphatic carbocycles. The Kier molecular flexibility index (Phi) is 6.15. The van der Waals surface area contributed by atoms with Gasteiger partial charge in [-0.25, -0.2) is 4.68 Å². The van der Waals surface area contributed by atoms with Crippen molar-refractivity contribution in [3.05, 3.63) is 65.2 Å². The van der Waals surface area contributed by atoms with E-state index in [1.165, 1.54) is 24.1 Å². The molecule has 0 saturated carbocycles. The van der Waals surface area contributed by atoms with Crippen LogP contribution in [0.1, 0.15) is 34.1 Å². The Bertz CT molecular complexity index is 1250. The molecule has 3 aromatic rings. The third-order valence-corrected chi connectivity index (χ3v) is 5.54. The van der Waals surface area contributed by atoms with E-state index in [-0.39, 0.29) is 35.7 Å². The minimum atomic E-state index is -4.64. The Balaban J connectivity index is 1.68. The number of nitrogens with zero attached hydrogens (tertiary/aromatic N) is 5. The summed E-state index contributed by atoms with van der Waals surface area (Å²) in [6.07, 6.45) is -1.36. The maximum Gasteiger partial charge on any atom is 0.425 e. The summed E-state index contributed by atoms with van der Waals surface area (Å²) in [5.74, 6) is -1.03. The molecule has 1 aromatic carbocycles. The molecule has 0 spiro atoms. The molecule has 0 fully saturated rings. The molecular weight excluding hydrogens is 451 g/mol. The van der Waals surface area contributed by atoms with Crippen LogP contribution >= 0.6 is 0 Å². The summed E-state index contributed by atoms with van der Waals surface area (Å²) in [4.78, 5) is 19.1. The fraction of sp³-hybridized carbons (Fsp3) is 0.304. The number of pyridine rings is 1. The Morgan fingerprint density at radius 3 is 2.71 bits per heavy atom. The van der Waals surface area contributed by atoms with E-state index in [4.69, 9.17) is 9.47 Å². The maximum absolute atomic E-state index is 13.5. The molecule has 0 saturated heterocycles. The third kappa shape index (κ3) is 4.26. The first-order valence-electron chi connectivity index (χ1n) is 10.3. The SMILES string of the molecule is COc1c(C#N)ccc(OC(C)C(F)(F)F)c1C(=O)N1CCc2c(cnn2-c2cccnc2)C1. The number of amides is 1. The van der Waals surface area contributed by atoms with Crippen LogP contribution in [-0.2, 0) is 13.0 Å². The van der Waals surface area contributed by atoms with E-state index in [9.17, 15) is 23.2 Å². The van der Waals surface area contributed by atoms with Gasteiger partial charge in [0.05, 0.1) is 36.4 Å². The van der Waals surface area contributed by atoms with Gasteiger partial charge in [0.25, 0.3) is 5.91 Å². The normalized spacial score (nSPS) is 14.2. The highest BCUT2D eigenvalue weighted by molar-refractivity contribution is 6.00. The van der Waals surface area contributed by atoms with Crippen LogP contribution in [0.3, 0.4) is 0 Å². The van der Waals surface area contributed by atoms with Crippen LogP contribution in [-0.4, -0.2) is 51.5 Å². The van der Waals surface area contributed by atoms with Crippen molar-refractivity contribution in [2.24, 2.45) is 0 Å². The lowest BCUT2D eigenvalue weighted by Gasteiger charge is -2.29. The largest absolute Gasteiger partial charge is 0.494 e. The van der Waals surface area contributed by atoms with Crippen molar-refractivity contribution < 1.29 is 27.4 Å². The van der Waals surface area contributed by atoms with Gasteiger partial charge in [-0.15, -0.1) is 0 Å². The van der Waals surface area contributed by atoms with E-state index in [2.05, 4.69) is 10.1 Å². The summed E-state index contributed by atoms with van der Waals surface area (Å²) in [6.45, 7) is 1.31. The summed E-state index contributed by atoms with van der Waals surface area (Å²) >= 11 is 0. The van der Waals surface area contributed by atoms with Gasteiger partial charge in [-0.2, -0.15) is 23.5 Å². The number of nitriles is 1. The number of fused-ring (bicyclic) bond motifs is 1. The molecule has 2 aromatic heterocycles. The second-order valence-corrected chi connectivity index (χ2v) is 7.65. The molecule has 3 heterocycles. The minimum Gasteiger partial charge on any atom is -0.494 e. The van der Waals surface area contributed by atoms with Crippen molar-refractivity contribution in [2.75, 3.05) is 13.7 Å². The van der Waals surface area contributed by atoms with Crippen LogP contribution in [0.15, 0.2) is 42.9 Å². The predicted molar refractivity (Wildman–Crippen MR) is 114 cm³/mol. The van der Waals surface area contributed by atoms with Gasteiger partial charge >= 0.3 is 6.18 Å². The average Bonchev–Trinajstić information content (AvgIpc) is 3.26. The first kappa shape index (κ1) is 23.1. The quantitative estimate of drug-likeness (QED) is 0.564. The van der Waals surface area contributed by atoms with Crippen LogP contribution in [0.2, 0.25) is 0 Å². The number of alkyl halides is 3. The van der Waals surface area contributed by atoms with Gasteiger partial charge in [-0.05, 0) is 31.2 Å². The van der Waals surface area contributed by atoms with E-state index < -0.39 is 18.2 Å². The van der Waals surface area contributed by atoms with Gasteiger partial charge < -0.3 is 14.4 Å². The van der Waals surface area contributed by atoms with Gasteiger partial charge in [0, 0.05) is 31.3 Å². The van der Waals surface area contributed by atoms with E-state index in [1.54, 1.807) is 29.3 Å². The number of carbonyl (C=O) groups is 1. The van der Waals surface area contributed by atoms with Crippen molar-refractivity contribution in [3.8, 4) is 23.3 Å². The number of aromatic nitrogens is 3. The molecule has 0 radical (unpaired) electrons. The topological polar surface area (TPSA) is 93.3 Å². The lowest BCUT2D eigenvalue weighted by Crippen LogP contribution is -2.37. The monoisotopic (exact) mass is 471 g/mol. The van der Waals surface area contributed by atoms with Crippen molar-refractivity contribution >= 4 is 5.91 Å². The van der Waals surface area contributed by atoms with Crippen molar-refractivity contribution in [1.29, 1.82) is 5.26 Å². The Hall–Kier alpha value is -4.07. The minimum absolute atomic E-state index is 0.0138. The number of ether oxygens (including phenoxy) is 2. The fourth-order valence-corrected chi connectivity index (χ4v) is 3.79. The summed E-state index contributed by atoms with van der Waals surface area (Å²) in [6, 6.07) is 8.01. The number of methoxy groups -OCH3 is 1. The molecule has 34 heavy (non-hydrogen) atoms. The Labute approximate surface area is 193 Å². The zero-order valence-electron chi connectivity index (χ0n) is 18.3. The Morgan fingerprint density at radius 2 is 2.06 bits per heavy atom. The van der Waals surface area contributed by atoms with Crippen LogP contribution in [0.5, 0.6) is 11.5 Å². The first-order valence-corrected chi connectivity index (χ1v) is 10.3.